The van der Waals surface area contributed by atoms with Gasteiger partial charge in [-0.05, 0) is 12.5 Å². The van der Waals surface area contributed by atoms with E-state index in [0.717, 1.165) is 11.1 Å². The summed E-state index contributed by atoms with van der Waals surface area (Å²) in [5.74, 6) is -0.535. The molecule has 2 N–H and O–H groups in total. The van der Waals surface area contributed by atoms with E-state index in [-0.39, 0.29) is 18.7 Å². The number of amides is 1. The fourth-order valence-electron chi connectivity index (χ4n) is 2.24. The van der Waals surface area contributed by atoms with E-state index in [4.69, 9.17) is 5.11 Å². The number of aryl methyl sites for hydroxylation is 1. The fourth-order valence-corrected chi connectivity index (χ4v) is 3.10. The van der Waals surface area contributed by atoms with E-state index in [1.807, 2.05) is 36.6 Å². The molecule has 23 heavy (non-hydrogen) atoms. The number of rotatable bonds is 4. The Labute approximate surface area is 136 Å². The van der Waals surface area contributed by atoms with Gasteiger partial charge in [0.2, 0.25) is 0 Å². The van der Waals surface area contributed by atoms with Gasteiger partial charge in [0.25, 0.3) is 11.5 Å². The Bertz CT molecular complexity index is 912. The second-order valence-corrected chi connectivity index (χ2v) is 5.90. The highest BCUT2D eigenvalue weighted by molar-refractivity contribution is 7.15. The van der Waals surface area contributed by atoms with Crippen LogP contribution in [-0.4, -0.2) is 33.6 Å². The zero-order chi connectivity index (χ0) is 16.4. The van der Waals surface area contributed by atoms with Crippen LogP contribution in [0.25, 0.3) is 16.2 Å². The predicted molar refractivity (Wildman–Crippen MR) is 88.9 cm³/mol. The summed E-state index contributed by atoms with van der Waals surface area (Å²) in [6.07, 6.45) is 1.28. The van der Waals surface area contributed by atoms with Gasteiger partial charge in [-0.15, -0.1) is 11.3 Å². The van der Waals surface area contributed by atoms with Gasteiger partial charge in [-0.25, -0.2) is 4.98 Å². The summed E-state index contributed by atoms with van der Waals surface area (Å²) < 4.78 is 1.45. The van der Waals surface area contributed by atoms with Gasteiger partial charge in [-0.2, -0.15) is 0 Å². The monoisotopic (exact) mass is 329 g/mol. The minimum absolute atomic E-state index is 0.0392. The van der Waals surface area contributed by atoms with Gasteiger partial charge in [-0.3, -0.25) is 14.0 Å². The molecule has 0 unspecified atom stereocenters. The summed E-state index contributed by atoms with van der Waals surface area (Å²) in [7, 11) is 0. The Morgan fingerprint density at radius 3 is 2.78 bits per heavy atom. The Hall–Kier alpha value is -2.51. The second kappa shape index (κ2) is 6.31. The standard InChI is InChI=1S/C16H15N3O3S/c1-10-2-4-11(5-3-10)13-9-23-16-18-8-12(15(22)19(13)16)14(21)17-6-7-20/h2-5,8-9,20H,6-7H2,1H3,(H,17,21). The van der Waals surface area contributed by atoms with Crippen LogP contribution in [0, 0.1) is 6.92 Å². The number of aromatic nitrogens is 2. The van der Waals surface area contributed by atoms with E-state index in [1.54, 1.807) is 0 Å². The van der Waals surface area contributed by atoms with Crippen LogP contribution in [0.4, 0.5) is 0 Å². The lowest BCUT2D eigenvalue weighted by atomic mass is 10.1. The highest BCUT2D eigenvalue weighted by Gasteiger charge is 2.16. The van der Waals surface area contributed by atoms with Crippen molar-refractivity contribution in [2.45, 2.75) is 6.92 Å². The lowest BCUT2D eigenvalue weighted by Gasteiger charge is -2.05. The summed E-state index contributed by atoms with van der Waals surface area (Å²) in [5.41, 5.74) is 2.27. The molecule has 6 nitrogen and oxygen atoms in total. The third-order valence-corrected chi connectivity index (χ3v) is 4.27. The SMILES string of the molecule is Cc1ccc(-c2csc3ncc(C(=O)NCCO)c(=O)n23)cc1. The molecule has 1 amide bonds. The highest BCUT2D eigenvalue weighted by atomic mass is 32.1. The normalized spacial score (nSPS) is 10.9. The smallest absolute Gasteiger partial charge is 0.271 e. The quantitative estimate of drug-likeness (QED) is 0.759. The molecule has 118 valence electrons. The van der Waals surface area contributed by atoms with Crippen LogP contribution in [0.3, 0.4) is 0 Å². The molecule has 0 atom stereocenters. The number of thiazole rings is 1. The Morgan fingerprint density at radius 2 is 2.09 bits per heavy atom. The van der Waals surface area contributed by atoms with Crippen molar-refractivity contribution in [1.29, 1.82) is 0 Å². The average Bonchev–Trinajstić information content (AvgIpc) is 2.98. The summed E-state index contributed by atoms with van der Waals surface area (Å²) >= 11 is 1.35. The van der Waals surface area contributed by atoms with Crippen LogP contribution < -0.4 is 10.9 Å². The maximum Gasteiger partial charge on any atom is 0.271 e. The van der Waals surface area contributed by atoms with E-state index in [1.165, 1.54) is 21.9 Å². The van der Waals surface area contributed by atoms with Gasteiger partial charge in [-0.1, -0.05) is 29.8 Å². The Kier molecular flexibility index (Phi) is 4.22. The molecular formula is C16H15N3O3S. The topological polar surface area (TPSA) is 83.7 Å². The molecule has 1 aromatic carbocycles. The largest absolute Gasteiger partial charge is 0.395 e. The molecule has 0 aliphatic rings. The molecule has 7 heteroatoms. The summed E-state index contributed by atoms with van der Waals surface area (Å²) in [6.45, 7) is 1.90. The van der Waals surface area contributed by atoms with E-state index < -0.39 is 11.5 Å². The minimum atomic E-state index is -0.535. The third kappa shape index (κ3) is 2.88. The van der Waals surface area contributed by atoms with Gasteiger partial charge >= 0.3 is 0 Å². The van der Waals surface area contributed by atoms with Crippen molar-refractivity contribution in [3.63, 3.8) is 0 Å². The number of carbonyl (C=O) groups is 1. The van der Waals surface area contributed by atoms with Crippen molar-refractivity contribution >= 4 is 22.2 Å². The van der Waals surface area contributed by atoms with Gasteiger partial charge in [0.05, 0.1) is 12.3 Å². The first kappa shape index (κ1) is 15.4. The molecule has 0 radical (unpaired) electrons. The number of nitrogens with one attached hydrogen (secondary N) is 1. The third-order valence-electron chi connectivity index (χ3n) is 3.44. The lowest BCUT2D eigenvalue weighted by molar-refractivity contribution is 0.0943. The molecule has 0 aliphatic carbocycles. The van der Waals surface area contributed by atoms with Gasteiger partial charge in [0, 0.05) is 18.1 Å². The molecule has 0 fully saturated rings. The fraction of sp³-hybridized carbons (Fsp3) is 0.188. The number of aliphatic hydroxyl groups is 1. The number of benzene rings is 1. The van der Waals surface area contributed by atoms with E-state index >= 15 is 0 Å². The maximum atomic E-state index is 12.7. The lowest BCUT2D eigenvalue weighted by Crippen LogP contribution is -2.33. The molecule has 2 heterocycles. The van der Waals surface area contributed by atoms with E-state index in [9.17, 15) is 9.59 Å². The molecule has 0 saturated heterocycles. The number of hydrogen-bond donors (Lipinski definition) is 2. The summed E-state index contributed by atoms with van der Waals surface area (Å²) in [6, 6.07) is 7.80. The second-order valence-electron chi connectivity index (χ2n) is 5.06. The number of hydrogen-bond acceptors (Lipinski definition) is 5. The van der Waals surface area contributed by atoms with Crippen LogP contribution in [0.2, 0.25) is 0 Å². The van der Waals surface area contributed by atoms with Crippen LogP contribution >= 0.6 is 11.3 Å². The molecule has 0 saturated carbocycles. The first-order chi connectivity index (χ1) is 11.1. The highest BCUT2D eigenvalue weighted by Crippen LogP contribution is 2.24. The van der Waals surface area contributed by atoms with Crippen molar-refractivity contribution in [2.24, 2.45) is 0 Å². The molecule has 0 bridgehead atoms. The van der Waals surface area contributed by atoms with Crippen molar-refractivity contribution in [1.82, 2.24) is 14.7 Å². The molecule has 2 aromatic heterocycles. The Morgan fingerprint density at radius 1 is 1.35 bits per heavy atom. The molecule has 0 spiro atoms. The summed E-state index contributed by atoms with van der Waals surface area (Å²) in [5, 5.41) is 13.1. The van der Waals surface area contributed by atoms with Gasteiger partial charge in [0.15, 0.2) is 4.96 Å². The van der Waals surface area contributed by atoms with Crippen molar-refractivity contribution in [2.75, 3.05) is 13.2 Å². The average molecular weight is 329 g/mol. The number of fused-ring (bicyclic) bond motifs is 1. The van der Waals surface area contributed by atoms with Crippen molar-refractivity contribution in [3.8, 4) is 11.3 Å². The predicted octanol–water partition coefficient (Wildman–Crippen LogP) is 1.45. The van der Waals surface area contributed by atoms with E-state index in [2.05, 4.69) is 10.3 Å². The zero-order valence-corrected chi connectivity index (χ0v) is 13.3. The van der Waals surface area contributed by atoms with Crippen molar-refractivity contribution in [3.05, 3.63) is 57.3 Å². The molecule has 0 aliphatic heterocycles. The first-order valence-corrected chi connectivity index (χ1v) is 7.95. The first-order valence-electron chi connectivity index (χ1n) is 7.07. The summed E-state index contributed by atoms with van der Waals surface area (Å²) in [4.78, 5) is 29.4. The Balaban J connectivity index is 2.13. The molecule has 3 aromatic rings. The molecule has 3 rings (SSSR count). The van der Waals surface area contributed by atoms with Crippen LogP contribution in [-0.2, 0) is 0 Å². The van der Waals surface area contributed by atoms with Crippen LogP contribution in [0.1, 0.15) is 15.9 Å². The maximum absolute atomic E-state index is 12.7. The molecular weight excluding hydrogens is 314 g/mol. The number of carbonyl (C=O) groups excluding carboxylic acids is 1. The zero-order valence-electron chi connectivity index (χ0n) is 12.4. The minimum Gasteiger partial charge on any atom is -0.395 e. The number of aliphatic hydroxyl groups excluding tert-OH is 1. The van der Waals surface area contributed by atoms with Crippen molar-refractivity contribution < 1.29 is 9.90 Å². The van der Waals surface area contributed by atoms with E-state index in [0.29, 0.717) is 10.7 Å². The van der Waals surface area contributed by atoms with Gasteiger partial charge in [0.1, 0.15) is 5.56 Å². The van der Waals surface area contributed by atoms with Crippen LogP contribution in [0.15, 0.2) is 40.6 Å². The number of nitrogens with zero attached hydrogens (tertiary/aromatic N) is 2. The van der Waals surface area contributed by atoms with Gasteiger partial charge < -0.3 is 10.4 Å². The van der Waals surface area contributed by atoms with Crippen LogP contribution in [0.5, 0.6) is 0 Å².